The average Bonchev–Trinajstić information content (AvgIpc) is 1.92. The van der Waals surface area contributed by atoms with Gasteiger partial charge in [0.2, 0.25) is 0 Å². The number of unbranched alkanes of at least 4 members (excludes halogenated alkanes) is 4. The first kappa shape index (κ1) is 59.2. The maximum atomic E-state index is 6.65. The molecule has 0 saturated heterocycles. The highest BCUT2D eigenvalue weighted by Gasteiger charge is 2.32. The molecule has 0 radical (unpaired) electrons. The van der Waals surface area contributed by atoms with Crippen molar-refractivity contribution in [1.82, 2.24) is 39.9 Å². The Kier molecular flexibility index (Phi) is 16.7. The standard InChI is InChI=1S/C80H82N8O2/c1-51-45-53(3)73(54(4)46-51)77-65-33-29-61(85-65)75(57-21-15-23-59(49-57)89-43-13-9-11-37-79(7,69-25-17-39-81-69)70-26-18-40-82-70)63-31-35-67(87-63)78(74-55(5)47-52(2)48-56(74)6)68-36-32-64(88-68)76(62-30-34-66(77)86-62)58-22-16-24-60(50-58)90-44-14-10-12-38-80(8,71-27-19-41-83-71)72-28-20-42-84-72/h15-36,39-42,45-50,81-85,88H,9-14,37-38,43-44H2,1-8H3. The first-order chi connectivity index (χ1) is 43.8. The molecule has 0 spiro atoms. The third kappa shape index (κ3) is 11.9. The smallest absolute Gasteiger partial charge is 0.119 e. The van der Waals surface area contributed by atoms with Gasteiger partial charge in [-0.25, -0.2) is 9.97 Å². The van der Waals surface area contributed by atoms with Crippen LogP contribution < -0.4 is 9.47 Å². The molecular formula is C80H82N8O2. The molecule has 0 amide bonds. The van der Waals surface area contributed by atoms with Crippen molar-refractivity contribution in [2.45, 2.75) is 118 Å². The Hall–Kier alpha value is -9.80. The van der Waals surface area contributed by atoms with Crippen molar-refractivity contribution in [1.29, 1.82) is 0 Å². The molecule has 0 aliphatic carbocycles. The molecular weight excluding hydrogens is 1100 g/mol. The van der Waals surface area contributed by atoms with Crippen LogP contribution >= 0.6 is 0 Å². The van der Waals surface area contributed by atoms with Gasteiger partial charge in [0.25, 0.3) is 0 Å². The van der Waals surface area contributed by atoms with E-state index in [-0.39, 0.29) is 10.8 Å². The van der Waals surface area contributed by atoms with Gasteiger partial charge in [-0.1, -0.05) is 85.3 Å². The van der Waals surface area contributed by atoms with Crippen molar-refractivity contribution >= 4 is 46.4 Å². The SMILES string of the molecule is Cc1cc(C)c(-c2c3nc(c(-c4cccc(OCCCCCC(C)(c5ccc[nH]5)c5ccc[nH]5)c4)c4ccc([nH]4)c(-c4c(C)cc(C)cc4C)c4nc(c(-c5cccc(OCCCCCC(C)(c6ccc[nH]6)c6ccc[nH]6)c5)c5ccc2[nH]5)C=C4)C=C3)c(C)c1. The number of nitrogens with zero attached hydrogens (tertiary/aromatic N) is 2. The van der Waals surface area contributed by atoms with Gasteiger partial charge < -0.3 is 39.4 Å². The van der Waals surface area contributed by atoms with Crippen molar-refractivity contribution in [2.75, 3.05) is 13.2 Å². The first-order valence-electron chi connectivity index (χ1n) is 32.2. The molecule has 0 atom stereocenters. The predicted molar refractivity (Wildman–Crippen MR) is 373 cm³/mol. The highest BCUT2D eigenvalue weighted by molar-refractivity contribution is 6.01. The van der Waals surface area contributed by atoms with E-state index in [1.807, 2.05) is 24.8 Å². The lowest BCUT2D eigenvalue weighted by Gasteiger charge is -2.28. The summed E-state index contributed by atoms with van der Waals surface area (Å²) in [6, 6.07) is 52.2. The van der Waals surface area contributed by atoms with E-state index in [0.717, 1.165) is 152 Å². The molecule has 9 heterocycles. The van der Waals surface area contributed by atoms with Gasteiger partial charge in [0.05, 0.1) is 36.0 Å². The monoisotopic (exact) mass is 1190 g/mol. The van der Waals surface area contributed by atoms with Gasteiger partial charge >= 0.3 is 0 Å². The Morgan fingerprint density at radius 2 is 0.678 bits per heavy atom. The molecule has 8 bridgehead atoms. The molecule has 4 aromatic carbocycles. The van der Waals surface area contributed by atoms with Crippen LogP contribution in [0.5, 0.6) is 11.5 Å². The number of hydrogen-bond donors (Lipinski definition) is 6. The number of H-pyrrole nitrogens is 6. The minimum absolute atomic E-state index is 0.125. The molecule has 0 fully saturated rings. The van der Waals surface area contributed by atoms with E-state index in [1.54, 1.807) is 0 Å². The predicted octanol–water partition coefficient (Wildman–Crippen LogP) is 20.4. The zero-order chi connectivity index (χ0) is 61.9. The van der Waals surface area contributed by atoms with Crippen LogP contribution in [0.15, 0.2) is 170 Å². The van der Waals surface area contributed by atoms with Crippen LogP contribution in [0.25, 0.3) is 90.9 Å². The van der Waals surface area contributed by atoms with Crippen LogP contribution in [0.1, 0.15) is 144 Å². The van der Waals surface area contributed by atoms with Crippen LogP contribution in [-0.4, -0.2) is 53.1 Å². The largest absolute Gasteiger partial charge is 0.494 e. The molecule has 2 aliphatic heterocycles. The summed E-state index contributed by atoms with van der Waals surface area (Å²) in [5, 5.41) is 0. The van der Waals surface area contributed by atoms with Crippen molar-refractivity contribution < 1.29 is 9.47 Å². The number of ether oxygens (including phenoxy) is 2. The van der Waals surface area contributed by atoms with Gasteiger partial charge in [0.1, 0.15) is 11.5 Å². The van der Waals surface area contributed by atoms with Gasteiger partial charge in [-0.3, -0.25) is 0 Å². The quantitative estimate of drug-likeness (QED) is 0.0376. The molecule has 11 aromatic rings. The van der Waals surface area contributed by atoms with Crippen molar-refractivity contribution in [3.8, 4) is 56.0 Å². The molecule has 0 unspecified atom stereocenters. The van der Waals surface area contributed by atoms with E-state index in [1.165, 1.54) is 56.2 Å². The topological polar surface area (TPSA) is 139 Å². The third-order valence-electron chi connectivity index (χ3n) is 18.8. The second-order valence-corrected chi connectivity index (χ2v) is 25.4. The van der Waals surface area contributed by atoms with Crippen LogP contribution in [0, 0.1) is 41.5 Å². The van der Waals surface area contributed by atoms with Gasteiger partial charge in [-0.2, -0.15) is 0 Å². The normalized spacial score (nSPS) is 12.4. The summed E-state index contributed by atoms with van der Waals surface area (Å²) in [5.74, 6) is 1.65. The first-order valence-corrected chi connectivity index (χ1v) is 32.2. The molecule has 6 N–H and O–H groups in total. The fraction of sp³-hybridized carbons (Fsp3) is 0.250. The summed E-state index contributed by atoms with van der Waals surface area (Å²) in [5.41, 5.74) is 27.5. The van der Waals surface area contributed by atoms with Gasteiger partial charge in [-0.05, 0) is 247 Å². The van der Waals surface area contributed by atoms with E-state index in [0.29, 0.717) is 13.2 Å². The van der Waals surface area contributed by atoms with Crippen molar-refractivity contribution in [3.63, 3.8) is 0 Å². The Bertz CT molecular complexity index is 4180. The van der Waals surface area contributed by atoms with E-state index >= 15 is 0 Å². The zero-order valence-corrected chi connectivity index (χ0v) is 53.3. The maximum Gasteiger partial charge on any atom is 0.119 e. The van der Waals surface area contributed by atoms with Gasteiger partial charge in [-0.15, -0.1) is 0 Å². The van der Waals surface area contributed by atoms with Crippen LogP contribution in [0.2, 0.25) is 0 Å². The van der Waals surface area contributed by atoms with Crippen molar-refractivity contribution in [3.05, 3.63) is 249 Å². The molecule has 13 rings (SSSR count). The summed E-state index contributed by atoms with van der Waals surface area (Å²) in [7, 11) is 0. The number of rotatable bonds is 22. The lowest BCUT2D eigenvalue weighted by molar-refractivity contribution is 0.302. The lowest BCUT2D eigenvalue weighted by atomic mass is 9.78. The summed E-state index contributed by atoms with van der Waals surface area (Å²) < 4.78 is 13.3. The summed E-state index contributed by atoms with van der Waals surface area (Å²) >= 11 is 0. The number of aryl methyl sites for hydroxylation is 6. The number of fused-ring (bicyclic) bond motifs is 8. The third-order valence-corrected chi connectivity index (χ3v) is 18.8. The van der Waals surface area contributed by atoms with E-state index < -0.39 is 0 Å². The average molecular weight is 1190 g/mol. The second kappa shape index (κ2) is 25.4. The molecule has 0 saturated carbocycles. The second-order valence-electron chi connectivity index (χ2n) is 25.4. The maximum absolute atomic E-state index is 6.65. The highest BCUT2D eigenvalue weighted by Crippen LogP contribution is 2.43. The lowest BCUT2D eigenvalue weighted by Crippen LogP contribution is -2.24. The van der Waals surface area contributed by atoms with Gasteiger partial charge in [0.15, 0.2) is 0 Å². The zero-order valence-electron chi connectivity index (χ0n) is 53.3. The Balaban J connectivity index is 0.892. The molecule has 454 valence electrons. The molecule has 2 aliphatic rings. The fourth-order valence-electron chi connectivity index (χ4n) is 14.4. The number of aromatic amines is 6. The van der Waals surface area contributed by atoms with E-state index in [2.05, 4.69) is 255 Å². The molecule has 10 heteroatoms. The van der Waals surface area contributed by atoms with Crippen LogP contribution in [0.4, 0.5) is 0 Å². The number of nitrogens with one attached hydrogen (secondary N) is 6. The minimum atomic E-state index is -0.125. The van der Waals surface area contributed by atoms with Gasteiger partial charge in [0, 0.05) is 103 Å². The highest BCUT2D eigenvalue weighted by atomic mass is 16.5. The van der Waals surface area contributed by atoms with E-state index in [4.69, 9.17) is 19.4 Å². The van der Waals surface area contributed by atoms with Crippen LogP contribution in [-0.2, 0) is 10.8 Å². The molecule has 10 nitrogen and oxygen atoms in total. The van der Waals surface area contributed by atoms with E-state index in [9.17, 15) is 0 Å². The summed E-state index contributed by atoms with van der Waals surface area (Å²) in [4.78, 5) is 33.4. The molecule has 90 heavy (non-hydrogen) atoms. The molecule has 7 aromatic heterocycles. The fourth-order valence-corrected chi connectivity index (χ4v) is 14.4. The number of hydrogen-bond acceptors (Lipinski definition) is 4. The Morgan fingerprint density at radius 3 is 1.01 bits per heavy atom. The number of aromatic nitrogens is 8. The minimum Gasteiger partial charge on any atom is -0.494 e. The Labute approximate surface area is 529 Å². The van der Waals surface area contributed by atoms with Crippen molar-refractivity contribution in [2.24, 2.45) is 0 Å². The summed E-state index contributed by atoms with van der Waals surface area (Å²) in [6.07, 6.45) is 25.0. The van der Waals surface area contributed by atoms with Crippen LogP contribution in [0.3, 0.4) is 0 Å². The summed E-state index contributed by atoms with van der Waals surface area (Å²) in [6.45, 7) is 19.1. The number of benzene rings is 4. The Morgan fingerprint density at radius 1 is 0.344 bits per heavy atom.